The smallest absolute Gasteiger partial charge is 0.116 e. The number of fused-ring (bicyclic) bond motifs is 14. The molecular weight excluding hydrogens is 889 g/mol. The summed E-state index contributed by atoms with van der Waals surface area (Å²) in [4.78, 5) is 0. The van der Waals surface area contributed by atoms with Crippen LogP contribution in [-0.2, 0) is 25.9 Å². The van der Waals surface area contributed by atoms with Gasteiger partial charge in [-0.15, -0.1) is 45.3 Å². The van der Waals surface area contributed by atoms with Crippen molar-refractivity contribution in [2.24, 2.45) is 11.8 Å². The molecule has 9 heteroatoms. The van der Waals surface area contributed by atoms with E-state index in [0.29, 0.717) is 11.8 Å². The summed E-state index contributed by atoms with van der Waals surface area (Å²) in [5.74, 6) is 1.30. The largest absolute Gasteiger partial charge is 0.337 e. The Hall–Kier alpha value is -2.04. The van der Waals surface area contributed by atoms with Gasteiger partial charge in [0.2, 0.25) is 0 Å². The van der Waals surface area contributed by atoms with Gasteiger partial charge in [0.1, 0.15) is 11.0 Å². The van der Waals surface area contributed by atoms with Gasteiger partial charge in [-0.1, -0.05) is 183 Å². The topological polar surface area (TPSA) is 35.6 Å². The van der Waals surface area contributed by atoms with E-state index in [0.717, 1.165) is 24.1 Å². The molecule has 7 aromatic heterocycles. The van der Waals surface area contributed by atoms with Crippen LogP contribution in [0.3, 0.4) is 0 Å². The van der Waals surface area contributed by atoms with Crippen molar-refractivity contribution in [3.05, 3.63) is 21.9 Å². The van der Waals surface area contributed by atoms with Crippen LogP contribution in [0.5, 0.6) is 0 Å². The molecule has 356 valence electrons. The Morgan fingerprint density at radius 2 is 0.785 bits per heavy atom. The van der Waals surface area contributed by atoms with Crippen LogP contribution < -0.4 is 0 Å². The zero-order chi connectivity index (χ0) is 45.1. The van der Waals surface area contributed by atoms with Crippen molar-refractivity contribution in [3.8, 4) is 0 Å². The summed E-state index contributed by atoms with van der Waals surface area (Å²) < 4.78 is 25.4. The number of thiophene rings is 4. The Morgan fingerprint density at radius 3 is 1.15 bits per heavy atom. The van der Waals surface area contributed by atoms with E-state index in [2.05, 4.69) is 84.1 Å². The molecule has 0 amide bonds. The molecule has 0 saturated carbocycles. The normalized spacial score (nSPS) is 13.6. The number of benzene rings is 1. The van der Waals surface area contributed by atoms with Crippen molar-refractivity contribution in [3.63, 3.8) is 0 Å². The maximum Gasteiger partial charge on any atom is 0.116 e. The molecule has 0 N–H and O–H groups in total. The first-order valence-corrected chi connectivity index (χ1v) is 31.1. The highest BCUT2D eigenvalue weighted by Gasteiger charge is 2.31. The average molecular weight is 972 g/mol. The molecule has 8 aromatic rings. The van der Waals surface area contributed by atoms with E-state index in [1.807, 2.05) is 22.7 Å². The predicted molar refractivity (Wildman–Crippen MR) is 298 cm³/mol. The van der Waals surface area contributed by atoms with Crippen LogP contribution in [0.2, 0.25) is 0 Å². The maximum absolute atomic E-state index is 5.29. The summed E-state index contributed by atoms with van der Waals surface area (Å²) in [5, 5.41) is 7.86. The lowest BCUT2D eigenvalue weighted by molar-refractivity contribution is 0.398. The van der Waals surface area contributed by atoms with Crippen molar-refractivity contribution in [1.29, 1.82) is 0 Å². The fourth-order valence-electron chi connectivity index (χ4n) is 11.1. The summed E-state index contributed by atoms with van der Waals surface area (Å²) in [7, 11) is 0. The van der Waals surface area contributed by atoms with Crippen LogP contribution in [0.4, 0.5) is 0 Å². The molecule has 0 spiro atoms. The summed E-state index contributed by atoms with van der Waals surface area (Å²) in [6, 6.07) is 0. The number of hydrogen-bond donors (Lipinski definition) is 0. The molecule has 0 aliphatic carbocycles. The second kappa shape index (κ2) is 24.5. The first kappa shape index (κ1) is 49.4. The molecule has 0 radical (unpaired) electrons. The Balaban J connectivity index is 1.24. The molecule has 2 unspecified atom stereocenters. The Bertz CT molecular complexity index is 2510. The molecule has 7 heterocycles. The van der Waals surface area contributed by atoms with Gasteiger partial charge in [0.25, 0.3) is 0 Å². The third-order valence-corrected chi connectivity index (χ3v) is 20.6. The van der Waals surface area contributed by atoms with Crippen molar-refractivity contribution >= 4 is 129 Å². The zero-order valence-corrected chi connectivity index (χ0v) is 45.4. The van der Waals surface area contributed by atoms with Gasteiger partial charge < -0.3 is 9.13 Å². The highest BCUT2D eigenvalue weighted by molar-refractivity contribution is 7.34. The standard InChI is InChI=1S/C56H82N4S5/c1-7-13-17-19-21-23-25-27-29-33-41-37-61-55-49-53(63-51(41)55)43-45-46(58-65-57-45)44-48(47(43)59(49)35-39(11-5)31-15-9-3)60(36-40(12-6)32-16-10-4)50-54(44)64-52-42(38-62-56(50)52)34-30-28-26-24-22-20-18-14-8-2/h37-40H,7-36H2,1-6H3. The average Bonchev–Trinajstić information content (AvgIpc) is 4.19. The van der Waals surface area contributed by atoms with Crippen LogP contribution in [0, 0.1) is 11.8 Å². The number of rotatable bonds is 32. The molecule has 0 aliphatic heterocycles. The minimum Gasteiger partial charge on any atom is -0.337 e. The molecule has 2 atom stereocenters. The van der Waals surface area contributed by atoms with E-state index in [9.17, 15) is 0 Å². The molecule has 0 saturated heterocycles. The van der Waals surface area contributed by atoms with Gasteiger partial charge in [-0.2, -0.15) is 8.75 Å². The van der Waals surface area contributed by atoms with Gasteiger partial charge in [-0.3, -0.25) is 0 Å². The molecule has 0 aliphatic rings. The quantitative estimate of drug-likeness (QED) is 0.0394. The maximum atomic E-state index is 5.29. The van der Waals surface area contributed by atoms with E-state index in [-0.39, 0.29) is 0 Å². The Morgan fingerprint density at radius 1 is 0.415 bits per heavy atom. The summed E-state index contributed by atoms with van der Waals surface area (Å²) in [5.41, 5.74) is 11.4. The van der Waals surface area contributed by atoms with Crippen LogP contribution >= 0.6 is 57.1 Å². The van der Waals surface area contributed by atoms with Crippen LogP contribution in [0.15, 0.2) is 10.8 Å². The van der Waals surface area contributed by atoms with Gasteiger partial charge in [0.05, 0.1) is 62.0 Å². The van der Waals surface area contributed by atoms with E-state index >= 15 is 0 Å². The van der Waals surface area contributed by atoms with Crippen LogP contribution in [-0.4, -0.2) is 17.9 Å². The third-order valence-electron chi connectivity index (χ3n) is 15.2. The van der Waals surface area contributed by atoms with Gasteiger partial charge in [-0.25, -0.2) is 0 Å². The predicted octanol–water partition coefficient (Wildman–Crippen LogP) is 21.0. The van der Waals surface area contributed by atoms with E-state index in [4.69, 9.17) is 8.75 Å². The number of aryl methyl sites for hydroxylation is 2. The minimum absolute atomic E-state index is 0.648. The van der Waals surface area contributed by atoms with Crippen molar-refractivity contribution < 1.29 is 0 Å². The molecular formula is C56H82N4S5. The lowest BCUT2D eigenvalue weighted by Gasteiger charge is -2.20. The van der Waals surface area contributed by atoms with Gasteiger partial charge >= 0.3 is 0 Å². The second-order valence-corrected chi connectivity index (χ2v) is 24.3. The van der Waals surface area contributed by atoms with Gasteiger partial charge in [0.15, 0.2) is 0 Å². The Labute approximate surface area is 412 Å². The molecule has 65 heavy (non-hydrogen) atoms. The van der Waals surface area contributed by atoms with Crippen molar-refractivity contribution in [2.45, 2.75) is 234 Å². The molecule has 4 nitrogen and oxygen atoms in total. The highest BCUT2D eigenvalue weighted by Crippen LogP contribution is 2.54. The molecule has 0 fully saturated rings. The lowest BCUT2D eigenvalue weighted by atomic mass is 9.99. The molecule has 1 aromatic carbocycles. The number of nitrogens with zero attached hydrogens (tertiary/aromatic N) is 4. The zero-order valence-electron chi connectivity index (χ0n) is 41.4. The summed E-state index contributed by atoms with van der Waals surface area (Å²) >= 11 is 9.69. The number of hydrogen-bond acceptors (Lipinski definition) is 7. The fourth-order valence-corrected chi connectivity index (χ4v) is 17.2. The van der Waals surface area contributed by atoms with E-state index in [1.165, 1.54) is 243 Å². The number of unbranched alkanes of at least 4 members (excludes halogenated alkanes) is 18. The monoisotopic (exact) mass is 971 g/mol. The van der Waals surface area contributed by atoms with Crippen LogP contribution in [0.25, 0.3) is 72.1 Å². The van der Waals surface area contributed by atoms with E-state index < -0.39 is 0 Å². The fraction of sp³-hybridized carbons (Fsp3) is 0.679. The first-order chi connectivity index (χ1) is 32.1. The van der Waals surface area contributed by atoms with Crippen molar-refractivity contribution in [1.82, 2.24) is 17.9 Å². The molecule has 0 bridgehead atoms. The van der Waals surface area contributed by atoms with Crippen LogP contribution in [0.1, 0.15) is 220 Å². The number of aromatic nitrogens is 4. The SMILES string of the molecule is CCCCCCCCCCCc1csc2c1sc1c3c4nsnc4c4c5sc6c(CCCCCCCCCCC)csc6c5n(CC(CC)CCCC)c4c3n(CC(CC)CCCC)c21. The Kier molecular flexibility index (Phi) is 18.6. The van der Waals surface area contributed by atoms with Crippen molar-refractivity contribution in [2.75, 3.05) is 0 Å². The first-order valence-electron chi connectivity index (χ1n) is 27.0. The minimum atomic E-state index is 0.648. The highest BCUT2D eigenvalue weighted by atomic mass is 32.1. The summed E-state index contributed by atoms with van der Waals surface area (Å²) in [6.45, 7) is 16.4. The second-order valence-electron chi connectivity index (χ2n) is 20.0. The molecule has 8 rings (SSSR count). The third kappa shape index (κ3) is 10.7. The van der Waals surface area contributed by atoms with Gasteiger partial charge in [0, 0.05) is 23.9 Å². The summed E-state index contributed by atoms with van der Waals surface area (Å²) in [6.07, 6.45) is 37.4. The van der Waals surface area contributed by atoms with Gasteiger partial charge in [-0.05, 0) is 72.2 Å². The van der Waals surface area contributed by atoms with E-state index in [1.54, 1.807) is 20.5 Å². The lowest BCUT2D eigenvalue weighted by Crippen LogP contribution is -2.13.